The third-order valence-electron chi connectivity index (χ3n) is 10.0. The molecule has 3 amide bonds. The highest BCUT2D eigenvalue weighted by atomic mass is 35.5. The van der Waals surface area contributed by atoms with Crippen molar-refractivity contribution in [2.45, 2.75) is 87.5 Å². The normalized spacial score (nSPS) is 31.6. The standard InChI is InChI=1S/C33H42FN5O7S.ClH/c1-19-6-4-5-7-22-17-33(22,31(42)38-47(43,44)32(34)11-12-32)37-28(40)26-16-24(18-39(26)30(41)27(35)20(2)14-19)46-29-25-9-8-23(45-3)15-21(25)10-13-36-29;/h5,7-10,13,15,19-20,22,24,26-27H,4,6,11-12,14,16-18,35H2,1-3H3,(H,37,40)(H,38,42);1H/t19-,20-,22-,24-,26+,27+,33-;/m1./s1. The van der Waals surface area contributed by atoms with Gasteiger partial charge in [-0.05, 0) is 67.2 Å². The number of amides is 3. The SMILES string of the molecule is COc1ccc2c(O[C@@H]3C[C@H]4C(=O)N[C@]5(C(=O)NS(=O)(=O)C6(F)CC6)C[C@H]5C=CCC[C@@H](C)C[C@@H](C)[C@H](N)C(=O)N4C3)nccc2c1.Cl. The maximum Gasteiger partial charge on any atom is 0.270 e. The van der Waals surface area contributed by atoms with Crippen molar-refractivity contribution < 1.29 is 36.7 Å². The number of ether oxygens (including phenoxy) is 2. The van der Waals surface area contributed by atoms with Gasteiger partial charge in [-0.15, -0.1) is 12.4 Å². The zero-order chi connectivity index (χ0) is 33.7. The first-order valence-electron chi connectivity index (χ1n) is 16.2. The molecule has 0 radical (unpaired) electrons. The van der Waals surface area contributed by atoms with Crippen LogP contribution in [0.1, 0.15) is 58.8 Å². The summed E-state index contributed by atoms with van der Waals surface area (Å²) in [5, 5.41) is 1.83. The lowest BCUT2D eigenvalue weighted by Crippen LogP contribution is -2.58. The molecule has 1 aromatic heterocycles. The number of nitrogens with one attached hydrogen (secondary N) is 2. The monoisotopic (exact) mass is 707 g/mol. The Morgan fingerprint density at radius 1 is 1.19 bits per heavy atom. The second kappa shape index (κ2) is 13.4. The molecule has 3 fully saturated rings. The summed E-state index contributed by atoms with van der Waals surface area (Å²) in [5.41, 5.74) is 4.91. The van der Waals surface area contributed by atoms with Crippen LogP contribution in [0.5, 0.6) is 11.6 Å². The number of rotatable bonds is 6. The maximum absolute atomic E-state index is 14.6. The zero-order valence-corrected chi connectivity index (χ0v) is 28.8. The van der Waals surface area contributed by atoms with E-state index in [2.05, 4.69) is 17.2 Å². The average molecular weight is 708 g/mol. The molecule has 1 aromatic carbocycles. The van der Waals surface area contributed by atoms with E-state index in [4.69, 9.17) is 15.2 Å². The Balaban J connectivity index is 0.00000451. The van der Waals surface area contributed by atoms with E-state index < -0.39 is 62.4 Å². The summed E-state index contributed by atoms with van der Waals surface area (Å²) >= 11 is 0. The molecule has 2 aliphatic heterocycles. The number of halogens is 2. The summed E-state index contributed by atoms with van der Waals surface area (Å²) in [5.74, 6) is -1.49. The van der Waals surface area contributed by atoms with E-state index >= 15 is 0 Å². The zero-order valence-electron chi connectivity index (χ0n) is 27.2. The largest absolute Gasteiger partial charge is 0.497 e. The van der Waals surface area contributed by atoms with E-state index in [1.54, 1.807) is 25.4 Å². The lowest BCUT2D eigenvalue weighted by molar-refractivity contribution is -0.141. The quantitative estimate of drug-likeness (QED) is 0.382. The summed E-state index contributed by atoms with van der Waals surface area (Å²) < 4.78 is 53.4. The van der Waals surface area contributed by atoms with E-state index in [-0.39, 0.29) is 56.5 Å². The van der Waals surface area contributed by atoms with Crippen molar-refractivity contribution in [1.29, 1.82) is 0 Å². The fourth-order valence-corrected chi connectivity index (χ4v) is 8.06. The number of hydrogen-bond acceptors (Lipinski definition) is 9. The number of allylic oxidation sites excluding steroid dienone is 1. The number of alkyl halides is 1. The molecule has 2 aliphatic carbocycles. The Hall–Kier alpha value is -3.49. The number of fused-ring (bicyclic) bond motifs is 3. The number of aromatic nitrogens is 1. The van der Waals surface area contributed by atoms with Crippen molar-refractivity contribution in [2.24, 2.45) is 23.5 Å². The molecule has 12 nitrogen and oxygen atoms in total. The van der Waals surface area contributed by atoms with Crippen LogP contribution in [0.15, 0.2) is 42.6 Å². The van der Waals surface area contributed by atoms with Gasteiger partial charge in [-0.1, -0.05) is 26.0 Å². The average Bonchev–Trinajstić information content (AvgIpc) is 3.92. The van der Waals surface area contributed by atoms with Crippen molar-refractivity contribution >= 4 is 50.9 Å². The molecule has 0 bridgehead atoms. The highest BCUT2D eigenvalue weighted by Gasteiger charge is 2.64. The highest BCUT2D eigenvalue weighted by Crippen LogP contribution is 2.48. The van der Waals surface area contributed by atoms with Crippen molar-refractivity contribution in [2.75, 3.05) is 13.7 Å². The smallest absolute Gasteiger partial charge is 0.270 e. The third kappa shape index (κ3) is 6.84. The van der Waals surface area contributed by atoms with Gasteiger partial charge >= 0.3 is 0 Å². The molecular formula is C33H43ClFN5O7S. The number of carbonyl (C=O) groups excluding carboxylic acids is 3. The van der Waals surface area contributed by atoms with Gasteiger partial charge in [0, 0.05) is 36.8 Å². The molecule has 4 aliphatic rings. The van der Waals surface area contributed by atoms with E-state index in [1.807, 2.05) is 35.9 Å². The number of nitrogens with two attached hydrogens (primary N) is 1. The Labute approximate surface area is 285 Å². The molecule has 4 N–H and O–H groups in total. The molecule has 2 saturated carbocycles. The van der Waals surface area contributed by atoms with E-state index in [9.17, 15) is 27.2 Å². The molecule has 3 heterocycles. The number of nitrogens with zero attached hydrogens (tertiary/aromatic N) is 2. The molecule has 2 aromatic rings. The first kappa shape index (κ1) is 35.8. The Morgan fingerprint density at radius 2 is 1.94 bits per heavy atom. The van der Waals surface area contributed by atoms with Crippen molar-refractivity contribution in [1.82, 2.24) is 19.9 Å². The van der Waals surface area contributed by atoms with Crippen molar-refractivity contribution in [3.05, 3.63) is 42.6 Å². The number of pyridine rings is 1. The summed E-state index contributed by atoms with van der Waals surface area (Å²) in [6.45, 7) is 4.06. The van der Waals surface area contributed by atoms with Crippen LogP contribution in [0.4, 0.5) is 4.39 Å². The van der Waals surface area contributed by atoms with E-state index in [1.165, 1.54) is 4.90 Å². The maximum atomic E-state index is 14.6. The van der Waals surface area contributed by atoms with Crippen LogP contribution in [0.2, 0.25) is 0 Å². The second-order valence-corrected chi connectivity index (χ2v) is 15.6. The molecule has 15 heteroatoms. The first-order valence-corrected chi connectivity index (χ1v) is 17.6. The Bertz CT molecular complexity index is 1720. The van der Waals surface area contributed by atoms with E-state index in [0.717, 1.165) is 17.2 Å². The number of sulfonamides is 1. The fraction of sp³-hybridized carbons (Fsp3) is 0.576. The summed E-state index contributed by atoms with van der Waals surface area (Å²) in [4.78, 5) is 47.3. The highest BCUT2D eigenvalue weighted by molar-refractivity contribution is 7.91. The molecule has 0 spiro atoms. The van der Waals surface area contributed by atoms with Gasteiger partial charge in [0.15, 0.2) is 0 Å². The number of carbonyl (C=O) groups is 3. The van der Waals surface area contributed by atoms with Gasteiger partial charge in [0.1, 0.15) is 23.4 Å². The van der Waals surface area contributed by atoms with Gasteiger partial charge in [-0.25, -0.2) is 22.5 Å². The Morgan fingerprint density at radius 3 is 2.65 bits per heavy atom. The first-order chi connectivity index (χ1) is 22.3. The van der Waals surface area contributed by atoms with Gasteiger partial charge in [-0.3, -0.25) is 14.4 Å². The predicted octanol–water partition coefficient (Wildman–Crippen LogP) is 3.13. The van der Waals surface area contributed by atoms with Gasteiger partial charge in [0.05, 0.1) is 19.7 Å². The predicted molar refractivity (Wildman–Crippen MR) is 178 cm³/mol. The van der Waals surface area contributed by atoms with Crippen LogP contribution in [0.25, 0.3) is 10.8 Å². The fourth-order valence-electron chi connectivity index (χ4n) is 6.81. The van der Waals surface area contributed by atoms with Gasteiger partial charge in [-0.2, -0.15) is 0 Å². The summed E-state index contributed by atoms with van der Waals surface area (Å²) in [7, 11) is -3.03. The van der Waals surface area contributed by atoms with Crippen molar-refractivity contribution in [3.63, 3.8) is 0 Å². The molecule has 7 atom stereocenters. The van der Waals surface area contributed by atoms with Crippen LogP contribution >= 0.6 is 12.4 Å². The molecule has 48 heavy (non-hydrogen) atoms. The van der Waals surface area contributed by atoms with Gasteiger partial charge < -0.3 is 25.4 Å². The van der Waals surface area contributed by atoms with Crippen LogP contribution in [0.3, 0.4) is 0 Å². The van der Waals surface area contributed by atoms with Crippen LogP contribution in [0, 0.1) is 17.8 Å². The van der Waals surface area contributed by atoms with Crippen molar-refractivity contribution in [3.8, 4) is 11.6 Å². The third-order valence-corrected chi connectivity index (χ3v) is 11.9. The van der Waals surface area contributed by atoms with E-state index in [0.29, 0.717) is 24.5 Å². The number of benzene rings is 1. The minimum atomic E-state index is -4.60. The molecule has 0 unspecified atom stereocenters. The van der Waals surface area contributed by atoms with Crippen LogP contribution < -0.4 is 25.2 Å². The van der Waals surface area contributed by atoms with Gasteiger partial charge in [0.25, 0.3) is 15.9 Å². The summed E-state index contributed by atoms with van der Waals surface area (Å²) in [6.07, 6.45) is 6.69. The second-order valence-electron chi connectivity index (χ2n) is 13.6. The van der Waals surface area contributed by atoms with Gasteiger partial charge in [0.2, 0.25) is 22.7 Å². The molecule has 262 valence electrons. The number of hydrogen-bond donors (Lipinski definition) is 3. The number of methoxy groups -OCH3 is 1. The minimum absolute atomic E-state index is 0. The molecular weight excluding hydrogens is 665 g/mol. The molecule has 1 saturated heterocycles. The van der Waals surface area contributed by atoms with Crippen LogP contribution in [-0.4, -0.2) is 78.4 Å². The Kier molecular flexibility index (Phi) is 10.0. The molecule has 6 rings (SSSR count). The minimum Gasteiger partial charge on any atom is -0.497 e. The van der Waals surface area contributed by atoms with Crippen LogP contribution in [-0.2, 0) is 24.4 Å². The lowest BCUT2D eigenvalue weighted by atomic mass is 9.88. The lowest BCUT2D eigenvalue weighted by Gasteiger charge is -2.30. The topological polar surface area (TPSA) is 170 Å². The summed E-state index contributed by atoms with van der Waals surface area (Å²) in [6, 6.07) is 5.33.